The van der Waals surface area contributed by atoms with Crippen molar-refractivity contribution in [2.24, 2.45) is 0 Å². The molecule has 1 saturated heterocycles. The van der Waals surface area contributed by atoms with Crippen molar-refractivity contribution < 1.29 is 9.53 Å². The minimum absolute atomic E-state index is 0.0489. The normalized spacial score (nSPS) is 17.8. The van der Waals surface area contributed by atoms with Crippen LogP contribution in [0.2, 0.25) is 0 Å². The lowest BCUT2D eigenvalue weighted by Gasteiger charge is -2.32. The van der Waals surface area contributed by atoms with Gasteiger partial charge in [-0.2, -0.15) is 5.10 Å². The van der Waals surface area contributed by atoms with Gasteiger partial charge < -0.3 is 9.64 Å². The smallest absolute Gasteiger partial charge is 0.260 e. The van der Waals surface area contributed by atoms with Crippen molar-refractivity contribution in [1.29, 1.82) is 0 Å². The maximum atomic E-state index is 12.5. The zero-order valence-electron chi connectivity index (χ0n) is 14.6. The average molecular weight is 327 g/mol. The van der Waals surface area contributed by atoms with Crippen molar-refractivity contribution in [2.75, 3.05) is 19.7 Å². The van der Waals surface area contributed by atoms with E-state index in [1.54, 1.807) is 0 Å². The summed E-state index contributed by atoms with van der Waals surface area (Å²) in [5.41, 5.74) is 4.30. The second kappa shape index (κ2) is 7.07. The first kappa shape index (κ1) is 16.6. The Bertz CT molecular complexity index is 723. The predicted octanol–water partition coefficient (Wildman–Crippen LogP) is 3.12. The van der Waals surface area contributed by atoms with Gasteiger partial charge in [-0.1, -0.05) is 12.1 Å². The Labute approximate surface area is 143 Å². The number of nitrogens with zero attached hydrogens (tertiary/aromatic N) is 2. The number of piperidine rings is 1. The van der Waals surface area contributed by atoms with E-state index in [1.165, 1.54) is 0 Å². The Hall–Kier alpha value is -2.30. The Morgan fingerprint density at radius 2 is 2.17 bits per heavy atom. The number of carbonyl (C=O) groups excluding carboxylic acids is 1. The van der Waals surface area contributed by atoms with Crippen LogP contribution in [-0.4, -0.2) is 40.7 Å². The van der Waals surface area contributed by atoms with E-state index in [-0.39, 0.29) is 12.5 Å². The average Bonchev–Trinajstić information content (AvgIpc) is 3.02. The van der Waals surface area contributed by atoms with Gasteiger partial charge in [-0.3, -0.25) is 9.89 Å². The lowest BCUT2D eigenvalue weighted by atomic mass is 9.94. The Kier molecular flexibility index (Phi) is 4.88. The summed E-state index contributed by atoms with van der Waals surface area (Å²) in [6.45, 7) is 7.64. The van der Waals surface area contributed by atoms with Crippen molar-refractivity contribution in [1.82, 2.24) is 15.1 Å². The van der Waals surface area contributed by atoms with Crippen molar-refractivity contribution in [3.8, 4) is 5.75 Å². The molecule has 1 aliphatic heterocycles. The van der Waals surface area contributed by atoms with Gasteiger partial charge in [-0.15, -0.1) is 0 Å². The van der Waals surface area contributed by atoms with E-state index >= 15 is 0 Å². The molecule has 1 aliphatic rings. The Balaban J connectivity index is 1.59. The first-order chi connectivity index (χ1) is 11.5. The van der Waals surface area contributed by atoms with Crippen LogP contribution in [0.4, 0.5) is 0 Å². The molecule has 128 valence electrons. The first-order valence-corrected chi connectivity index (χ1v) is 8.52. The second-order valence-electron chi connectivity index (χ2n) is 6.71. The van der Waals surface area contributed by atoms with Gasteiger partial charge in [-0.25, -0.2) is 0 Å². The molecule has 0 unspecified atom stereocenters. The van der Waals surface area contributed by atoms with Gasteiger partial charge >= 0.3 is 0 Å². The molecule has 2 heterocycles. The molecule has 0 spiro atoms. The fourth-order valence-corrected chi connectivity index (χ4v) is 3.19. The zero-order chi connectivity index (χ0) is 17.1. The SMILES string of the molecule is Cc1ccc(C)c(OCC(=O)N2CCC[C@H](c3cc(C)[nH]n3)C2)c1. The van der Waals surface area contributed by atoms with Gasteiger partial charge in [-0.05, 0) is 56.9 Å². The molecule has 1 amide bonds. The molecule has 2 aromatic rings. The molecule has 0 radical (unpaired) electrons. The lowest BCUT2D eigenvalue weighted by molar-refractivity contribution is -0.134. The van der Waals surface area contributed by atoms with E-state index in [1.807, 2.05) is 43.9 Å². The summed E-state index contributed by atoms with van der Waals surface area (Å²) < 4.78 is 5.76. The number of carbonyl (C=O) groups is 1. The molecular weight excluding hydrogens is 302 g/mol. The summed E-state index contributed by atoms with van der Waals surface area (Å²) in [4.78, 5) is 14.4. The van der Waals surface area contributed by atoms with Gasteiger partial charge in [0.2, 0.25) is 0 Å². The van der Waals surface area contributed by atoms with Crippen LogP contribution in [0.25, 0.3) is 0 Å². The van der Waals surface area contributed by atoms with E-state index in [2.05, 4.69) is 16.3 Å². The highest BCUT2D eigenvalue weighted by Crippen LogP contribution is 2.26. The van der Waals surface area contributed by atoms with Crippen molar-refractivity contribution in [2.45, 2.75) is 39.5 Å². The highest BCUT2D eigenvalue weighted by molar-refractivity contribution is 5.78. The van der Waals surface area contributed by atoms with Crippen LogP contribution in [-0.2, 0) is 4.79 Å². The fraction of sp³-hybridized carbons (Fsp3) is 0.474. The number of H-pyrrole nitrogens is 1. The molecule has 3 rings (SSSR count). The Morgan fingerprint density at radius 3 is 2.92 bits per heavy atom. The largest absolute Gasteiger partial charge is 0.483 e. The number of aromatic amines is 1. The van der Waals surface area contributed by atoms with Gasteiger partial charge in [0.25, 0.3) is 5.91 Å². The molecule has 0 aliphatic carbocycles. The number of likely N-dealkylation sites (tertiary alicyclic amines) is 1. The number of rotatable bonds is 4. The summed E-state index contributed by atoms with van der Waals surface area (Å²) in [7, 11) is 0. The molecule has 1 atom stereocenters. The molecule has 5 nitrogen and oxygen atoms in total. The van der Waals surface area contributed by atoms with Gasteiger partial charge in [0, 0.05) is 24.7 Å². The summed E-state index contributed by atoms with van der Waals surface area (Å²) in [5.74, 6) is 1.15. The van der Waals surface area contributed by atoms with Crippen molar-refractivity contribution >= 4 is 5.91 Å². The van der Waals surface area contributed by atoms with E-state index in [0.29, 0.717) is 5.92 Å². The fourth-order valence-electron chi connectivity index (χ4n) is 3.19. The molecule has 1 aromatic heterocycles. The number of hydrogen-bond donors (Lipinski definition) is 1. The molecule has 1 aromatic carbocycles. The van der Waals surface area contributed by atoms with Crippen molar-refractivity contribution in [3.05, 3.63) is 46.8 Å². The third kappa shape index (κ3) is 3.78. The quantitative estimate of drug-likeness (QED) is 0.938. The standard InChI is InChI=1S/C19H25N3O2/c1-13-6-7-14(2)18(9-13)24-12-19(23)22-8-4-5-16(11-22)17-10-15(3)20-21-17/h6-7,9-10,16H,4-5,8,11-12H2,1-3H3,(H,20,21)/t16-/m0/s1. The summed E-state index contributed by atoms with van der Waals surface area (Å²) >= 11 is 0. The van der Waals surface area contributed by atoms with Gasteiger partial charge in [0.05, 0.1) is 5.69 Å². The number of benzene rings is 1. The minimum Gasteiger partial charge on any atom is -0.483 e. The minimum atomic E-state index is 0.0489. The summed E-state index contributed by atoms with van der Waals surface area (Å²) in [5, 5.41) is 7.34. The third-order valence-electron chi connectivity index (χ3n) is 4.61. The van der Waals surface area contributed by atoms with Crippen LogP contribution in [0.3, 0.4) is 0 Å². The number of ether oxygens (including phenoxy) is 1. The maximum Gasteiger partial charge on any atom is 0.260 e. The maximum absolute atomic E-state index is 12.5. The zero-order valence-corrected chi connectivity index (χ0v) is 14.6. The monoisotopic (exact) mass is 327 g/mol. The summed E-state index contributed by atoms with van der Waals surface area (Å²) in [6, 6.07) is 8.12. The van der Waals surface area contributed by atoms with Crippen LogP contribution in [0, 0.1) is 20.8 Å². The second-order valence-corrected chi connectivity index (χ2v) is 6.71. The highest BCUT2D eigenvalue weighted by Gasteiger charge is 2.26. The lowest BCUT2D eigenvalue weighted by Crippen LogP contribution is -2.41. The highest BCUT2D eigenvalue weighted by atomic mass is 16.5. The van der Waals surface area contributed by atoms with Gasteiger partial charge in [0.15, 0.2) is 6.61 Å². The van der Waals surface area contributed by atoms with Crippen LogP contribution in [0.15, 0.2) is 24.3 Å². The number of nitrogens with one attached hydrogen (secondary N) is 1. The molecule has 5 heteroatoms. The summed E-state index contributed by atoms with van der Waals surface area (Å²) in [6.07, 6.45) is 2.08. The van der Waals surface area contributed by atoms with Crippen LogP contribution >= 0.6 is 0 Å². The number of hydrogen-bond acceptors (Lipinski definition) is 3. The Morgan fingerprint density at radius 1 is 1.33 bits per heavy atom. The molecule has 0 bridgehead atoms. The molecule has 24 heavy (non-hydrogen) atoms. The molecule has 1 N–H and O–H groups in total. The van der Waals surface area contributed by atoms with E-state index in [9.17, 15) is 4.79 Å². The molecular formula is C19H25N3O2. The number of aromatic nitrogens is 2. The van der Waals surface area contributed by atoms with Crippen LogP contribution < -0.4 is 4.74 Å². The van der Waals surface area contributed by atoms with E-state index in [4.69, 9.17) is 4.74 Å². The molecule has 0 saturated carbocycles. The number of amides is 1. The topological polar surface area (TPSA) is 58.2 Å². The van der Waals surface area contributed by atoms with Crippen LogP contribution in [0.5, 0.6) is 5.75 Å². The first-order valence-electron chi connectivity index (χ1n) is 8.52. The van der Waals surface area contributed by atoms with Crippen molar-refractivity contribution in [3.63, 3.8) is 0 Å². The van der Waals surface area contributed by atoms with E-state index in [0.717, 1.165) is 54.2 Å². The van der Waals surface area contributed by atoms with E-state index < -0.39 is 0 Å². The van der Waals surface area contributed by atoms with Gasteiger partial charge in [0.1, 0.15) is 5.75 Å². The van der Waals surface area contributed by atoms with Crippen LogP contribution in [0.1, 0.15) is 41.3 Å². The predicted molar refractivity (Wildman–Crippen MR) is 93.3 cm³/mol. The number of aryl methyl sites for hydroxylation is 3. The molecule has 1 fully saturated rings. The third-order valence-corrected chi connectivity index (χ3v) is 4.61.